The molecule has 2 aromatic rings. The van der Waals surface area contributed by atoms with E-state index in [4.69, 9.17) is 4.42 Å². The van der Waals surface area contributed by atoms with E-state index in [-0.39, 0.29) is 24.0 Å². The number of guanidine groups is 1. The van der Waals surface area contributed by atoms with Gasteiger partial charge in [0.1, 0.15) is 5.76 Å². The van der Waals surface area contributed by atoms with Crippen LogP contribution in [0.3, 0.4) is 0 Å². The van der Waals surface area contributed by atoms with Crippen molar-refractivity contribution in [3.05, 3.63) is 59.0 Å². The highest BCUT2D eigenvalue weighted by Crippen LogP contribution is 2.11. The highest BCUT2D eigenvalue weighted by Gasteiger charge is 2.01. The quantitative estimate of drug-likeness (QED) is 0.446. The third kappa shape index (κ3) is 5.71. The van der Waals surface area contributed by atoms with E-state index in [1.807, 2.05) is 12.1 Å². The molecule has 0 saturated carbocycles. The second-order valence-electron chi connectivity index (χ2n) is 5.06. The summed E-state index contributed by atoms with van der Waals surface area (Å²) < 4.78 is 5.31. The molecule has 1 aromatic heterocycles. The summed E-state index contributed by atoms with van der Waals surface area (Å²) in [5.41, 5.74) is 3.81. The minimum Gasteiger partial charge on any atom is -0.467 e. The van der Waals surface area contributed by atoms with Crippen LogP contribution in [0.5, 0.6) is 0 Å². The second-order valence-corrected chi connectivity index (χ2v) is 5.06. The van der Waals surface area contributed by atoms with Gasteiger partial charge in [0.15, 0.2) is 5.96 Å². The molecular weight excluding hydrogens is 389 g/mol. The molecule has 2 N–H and O–H groups in total. The molecule has 0 aliphatic carbocycles. The highest BCUT2D eigenvalue weighted by atomic mass is 127. The average Bonchev–Trinajstić information content (AvgIpc) is 2.96. The Balaban J connectivity index is 0.00000242. The summed E-state index contributed by atoms with van der Waals surface area (Å²) in [6, 6.07) is 10.3. The van der Waals surface area contributed by atoms with Crippen LogP contribution in [0, 0.1) is 13.8 Å². The van der Waals surface area contributed by atoms with Crippen LogP contribution in [-0.2, 0) is 13.1 Å². The third-order valence-corrected chi connectivity index (χ3v) is 3.26. The molecule has 22 heavy (non-hydrogen) atoms. The minimum absolute atomic E-state index is 0. The van der Waals surface area contributed by atoms with Crippen LogP contribution >= 0.6 is 24.0 Å². The van der Waals surface area contributed by atoms with Crippen molar-refractivity contribution in [1.82, 2.24) is 10.6 Å². The molecule has 0 amide bonds. The topological polar surface area (TPSA) is 49.6 Å². The number of furan rings is 1. The Morgan fingerprint density at radius 3 is 2.64 bits per heavy atom. The van der Waals surface area contributed by atoms with Crippen LogP contribution in [0.1, 0.15) is 29.4 Å². The van der Waals surface area contributed by atoms with E-state index in [0.717, 1.165) is 18.3 Å². The van der Waals surface area contributed by atoms with Crippen molar-refractivity contribution in [2.45, 2.75) is 33.9 Å². The Morgan fingerprint density at radius 1 is 1.18 bits per heavy atom. The lowest BCUT2D eigenvalue weighted by atomic mass is 10.1. The predicted molar refractivity (Wildman–Crippen MR) is 102 cm³/mol. The number of hydrogen-bond acceptors (Lipinski definition) is 2. The molecule has 5 heteroatoms. The van der Waals surface area contributed by atoms with Gasteiger partial charge in [-0.25, -0.2) is 4.99 Å². The first-order chi connectivity index (χ1) is 10.2. The first-order valence-corrected chi connectivity index (χ1v) is 7.29. The van der Waals surface area contributed by atoms with E-state index in [9.17, 15) is 0 Å². The number of aryl methyl sites for hydroxylation is 2. The van der Waals surface area contributed by atoms with Crippen LogP contribution in [-0.4, -0.2) is 12.5 Å². The van der Waals surface area contributed by atoms with Crippen LogP contribution in [0.25, 0.3) is 0 Å². The molecule has 0 radical (unpaired) electrons. The summed E-state index contributed by atoms with van der Waals surface area (Å²) in [5.74, 6) is 1.70. The molecular formula is C17H24IN3O. The summed E-state index contributed by atoms with van der Waals surface area (Å²) in [5, 5.41) is 6.51. The lowest BCUT2D eigenvalue weighted by Crippen LogP contribution is -2.36. The van der Waals surface area contributed by atoms with E-state index >= 15 is 0 Å². The van der Waals surface area contributed by atoms with Gasteiger partial charge < -0.3 is 15.1 Å². The number of aliphatic imine (C=N–C) groups is 1. The number of nitrogens with zero attached hydrogens (tertiary/aromatic N) is 1. The molecule has 0 unspecified atom stereocenters. The molecule has 0 saturated heterocycles. The Bertz CT molecular complexity index is 594. The first-order valence-electron chi connectivity index (χ1n) is 7.29. The Labute approximate surface area is 149 Å². The van der Waals surface area contributed by atoms with E-state index in [1.54, 1.807) is 6.26 Å². The van der Waals surface area contributed by atoms with Crippen molar-refractivity contribution in [1.29, 1.82) is 0 Å². The molecule has 1 heterocycles. The van der Waals surface area contributed by atoms with Crippen molar-refractivity contribution in [2.24, 2.45) is 4.99 Å². The van der Waals surface area contributed by atoms with Crippen molar-refractivity contribution in [3.63, 3.8) is 0 Å². The Kier molecular flexibility index (Phi) is 8.01. The van der Waals surface area contributed by atoms with Gasteiger partial charge in [-0.05, 0) is 44.0 Å². The predicted octanol–water partition coefficient (Wildman–Crippen LogP) is 3.77. The largest absolute Gasteiger partial charge is 0.467 e. The molecule has 1 aromatic carbocycles. The SMILES string of the molecule is CCNC(=NCc1ccc(C)cc1C)NCc1ccco1.I. The normalized spacial score (nSPS) is 11.0. The van der Waals surface area contributed by atoms with Gasteiger partial charge in [0.05, 0.1) is 19.4 Å². The number of benzene rings is 1. The van der Waals surface area contributed by atoms with Crippen molar-refractivity contribution >= 4 is 29.9 Å². The fourth-order valence-electron chi connectivity index (χ4n) is 2.11. The van der Waals surface area contributed by atoms with Gasteiger partial charge in [-0.3, -0.25) is 0 Å². The molecule has 0 aliphatic heterocycles. The standard InChI is InChI=1S/C17H23N3O.HI/c1-4-18-17(20-12-16-6-5-9-21-16)19-11-15-8-7-13(2)10-14(15)3;/h5-10H,4,11-12H2,1-3H3,(H2,18,19,20);1H. The number of rotatable bonds is 5. The van der Waals surface area contributed by atoms with E-state index in [1.165, 1.54) is 16.7 Å². The average molecular weight is 413 g/mol. The van der Waals surface area contributed by atoms with Crippen LogP contribution in [0.4, 0.5) is 0 Å². The third-order valence-electron chi connectivity index (χ3n) is 3.26. The zero-order valence-corrected chi connectivity index (χ0v) is 15.7. The highest BCUT2D eigenvalue weighted by molar-refractivity contribution is 14.0. The summed E-state index contributed by atoms with van der Waals surface area (Å²) in [6.45, 7) is 8.42. The number of halogens is 1. The van der Waals surface area contributed by atoms with E-state index in [0.29, 0.717) is 13.1 Å². The molecule has 0 bridgehead atoms. The summed E-state index contributed by atoms with van der Waals surface area (Å²) in [4.78, 5) is 4.63. The summed E-state index contributed by atoms with van der Waals surface area (Å²) in [6.07, 6.45) is 1.68. The van der Waals surface area contributed by atoms with Crippen LogP contribution < -0.4 is 10.6 Å². The maximum Gasteiger partial charge on any atom is 0.191 e. The zero-order valence-electron chi connectivity index (χ0n) is 13.3. The molecule has 2 rings (SSSR count). The van der Waals surface area contributed by atoms with Crippen LogP contribution in [0.2, 0.25) is 0 Å². The lowest BCUT2D eigenvalue weighted by Gasteiger charge is -2.11. The zero-order chi connectivity index (χ0) is 15.1. The molecule has 0 aliphatic rings. The number of hydrogen-bond donors (Lipinski definition) is 2. The molecule has 4 nitrogen and oxygen atoms in total. The molecule has 0 spiro atoms. The van der Waals surface area contributed by atoms with Crippen molar-refractivity contribution in [2.75, 3.05) is 6.54 Å². The van der Waals surface area contributed by atoms with Crippen molar-refractivity contribution < 1.29 is 4.42 Å². The lowest BCUT2D eigenvalue weighted by molar-refractivity contribution is 0.501. The monoisotopic (exact) mass is 413 g/mol. The Hall–Kier alpha value is -1.50. The summed E-state index contributed by atoms with van der Waals surface area (Å²) in [7, 11) is 0. The maximum atomic E-state index is 5.31. The minimum atomic E-state index is 0. The number of nitrogens with one attached hydrogen (secondary N) is 2. The van der Waals surface area contributed by atoms with Gasteiger partial charge in [-0.2, -0.15) is 0 Å². The van der Waals surface area contributed by atoms with Gasteiger partial charge >= 0.3 is 0 Å². The van der Waals surface area contributed by atoms with Gasteiger partial charge in [-0.1, -0.05) is 23.8 Å². The summed E-state index contributed by atoms with van der Waals surface area (Å²) >= 11 is 0. The second kappa shape index (κ2) is 9.50. The van der Waals surface area contributed by atoms with Gasteiger partial charge in [0.25, 0.3) is 0 Å². The smallest absolute Gasteiger partial charge is 0.191 e. The Morgan fingerprint density at radius 2 is 2.00 bits per heavy atom. The maximum absolute atomic E-state index is 5.31. The molecule has 120 valence electrons. The molecule has 0 atom stereocenters. The van der Waals surface area contributed by atoms with E-state index in [2.05, 4.69) is 54.6 Å². The van der Waals surface area contributed by atoms with Gasteiger partial charge in [-0.15, -0.1) is 24.0 Å². The fraction of sp³-hybridized carbons (Fsp3) is 0.353. The first kappa shape index (κ1) is 18.5. The van der Waals surface area contributed by atoms with Crippen molar-refractivity contribution in [3.8, 4) is 0 Å². The van der Waals surface area contributed by atoms with Gasteiger partial charge in [0.2, 0.25) is 0 Å². The van der Waals surface area contributed by atoms with E-state index < -0.39 is 0 Å². The van der Waals surface area contributed by atoms with Gasteiger partial charge in [0, 0.05) is 6.54 Å². The van der Waals surface area contributed by atoms with Crippen LogP contribution in [0.15, 0.2) is 46.0 Å². The molecule has 0 fully saturated rings. The fourth-order valence-corrected chi connectivity index (χ4v) is 2.11.